The molecule has 57 heavy (non-hydrogen) atoms. The van der Waals surface area contributed by atoms with Crippen molar-refractivity contribution in [3.8, 4) is 39.8 Å². The molecule has 4 aromatic heterocycles. The van der Waals surface area contributed by atoms with Crippen molar-refractivity contribution in [3.05, 3.63) is 200 Å². The van der Waals surface area contributed by atoms with Crippen molar-refractivity contribution in [2.24, 2.45) is 0 Å². The molecule has 0 saturated carbocycles. The van der Waals surface area contributed by atoms with Gasteiger partial charge in [0.15, 0.2) is 0 Å². The highest BCUT2D eigenvalue weighted by Crippen LogP contribution is 2.43. The van der Waals surface area contributed by atoms with E-state index in [2.05, 4.69) is 202 Å². The standard InChI is InChI=1S/C52H33N5/c1-4-16-34(17-5-1)43-33-44(35-18-6-2-7-19-35)54-52(53-43)57-46-26-14-10-22-38(46)40-29-28-37(32-49(40)57)55-47-27-15-12-24-42(47)50-48(55)31-30-41-39-23-11-13-25-45(39)56(51(41)50)36-20-8-3-9-21-36/h1-33H. The van der Waals surface area contributed by atoms with Gasteiger partial charge in [0.05, 0.1) is 44.5 Å². The van der Waals surface area contributed by atoms with Crippen molar-refractivity contribution < 1.29 is 0 Å². The van der Waals surface area contributed by atoms with Crippen molar-refractivity contribution in [1.29, 1.82) is 0 Å². The van der Waals surface area contributed by atoms with E-state index in [1.165, 1.54) is 32.6 Å². The Morgan fingerprint density at radius 1 is 0.298 bits per heavy atom. The van der Waals surface area contributed by atoms with E-state index < -0.39 is 0 Å². The van der Waals surface area contributed by atoms with Gasteiger partial charge in [-0.25, -0.2) is 9.97 Å². The van der Waals surface area contributed by atoms with E-state index >= 15 is 0 Å². The van der Waals surface area contributed by atoms with Gasteiger partial charge >= 0.3 is 0 Å². The molecule has 0 fully saturated rings. The van der Waals surface area contributed by atoms with E-state index in [1.807, 2.05) is 12.1 Å². The van der Waals surface area contributed by atoms with Crippen LogP contribution in [0.25, 0.3) is 105 Å². The SMILES string of the molecule is c1ccc(-c2cc(-c3ccccc3)nc(-n3c4ccccc4c4ccc(-n5c6ccccc6c6c5ccc5c7ccccc7n(-c7ccccc7)c56)cc43)n2)cc1. The highest BCUT2D eigenvalue weighted by Gasteiger charge is 2.22. The number of fused-ring (bicyclic) bond motifs is 10. The summed E-state index contributed by atoms with van der Waals surface area (Å²) >= 11 is 0. The predicted molar refractivity (Wildman–Crippen MR) is 236 cm³/mol. The van der Waals surface area contributed by atoms with Crippen LogP contribution in [-0.2, 0) is 0 Å². The number of aromatic nitrogens is 5. The molecule has 8 aromatic carbocycles. The average molecular weight is 728 g/mol. The molecule has 0 amide bonds. The Morgan fingerprint density at radius 3 is 1.44 bits per heavy atom. The molecule has 0 spiro atoms. The van der Waals surface area contributed by atoms with E-state index in [0.717, 1.165) is 66.7 Å². The Morgan fingerprint density at radius 2 is 0.789 bits per heavy atom. The van der Waals surface area contributed by atoms with E-state index in [4.69, 9.17) is 9.97 Å². The zero-order valence-corrected chi connectivity index (χ0v) is 30.8. The normalized spacial score (nSPS) is 11.9. The third-order valence-corrected chi connectivity index (χ3v) is 11.5. The molecule has 5 nitrogen and oxygen atoms in total. The molecule has 266 valence electrons. The Kier molecular flexibility index (Phi) is 6.86. The summed E-state index contributed by atoms with van der Waals surface area (Å²) in [5.41, 5.74) is 12.9. The van der Waals surface area contributed by atoms with Gasteiger partial charge in [0.1, 0.15) is 0 Å². The Balaban J connectivity index is 1.16. The van der Waals surface area contributed by atoms with E-state index in [-0.39, 0.29) is 0 Å². The molecular weight excluding hydrogens is 695 g/mol. The number of hydrogen-bond donors (Lipinski definition) is 0. The fourth-order valence-electron chi connectivity index (χ4n) is 8.99. The molecule has 0 radical (unpaired) electrons. The van der Waals surface area contributed by atoms with Gasteiger partial charge in [-0.2, -0.15) is 0 Å². The third-order valence-electron chi connectivity index (χ3n) is 11.5. The number of rotatable bonds is 5. The molecular formula is C52H33N5. The Bertz CT molecular complexity index is 3440. The lowest BCUT2D eigenvalue weighted by molar-refractivity contribution is 0.994. The first-order valence-electron chi connectivity index (χ1n) is 19.3. The van der Waals surface area contributed by atoms with Crippen LogP contribution in [0.5, 0.6) is 0 Å². The van der Waals surface area contributed by atoms with E-state index in [0.29, 0.717) is 5.95 Å². The fraction of sp³-hybridized carbons (Fsp3) is 0. The summed E-state index contributed by atoms with van der Waals surface area (Å²) < 4.78 is 7.10. The maximum Gasteiger partial charge on any atom is 0.235 e. The number of para-hydroxylation sites is 4. The molecule has 0 N–H and O–H groups in total. The summed E-state index contributed by atoms with van der Waals surface area (Å²) in [5, 5.41) is 7.24. The first kappa shape index (κ1) is 31.6. The second kappa shape index (κ2) is 12.4. The highest BCUT2D eigenvalue weighted by molar-refractivity contribution is 6.26. The summed E-state index contributed by atoms with van der Waals surface area (Å²) in [5.74, 6) is 0.634. The quantitative estimate of drug-likeness (QED) is 0.177. The van der Waals surface area contributed by atoms with Gasteiger partial charge in [-0.15, -0.1) is 0 Å². The topological polar surface area (TPSA) is 40.6 Å². The van der Waals surface area contributed by atoms with Crippen LogP contribution >= 0.6 is 0 Å². The van der Waals surface area contributed by atoms with Crippen molar-refractivity contribution in [3.63, 3.8) is 0 Å². The number of benzene rings is 8. The van der Waals surface area contributed by atoms with Crippen LogP contribution in [0.2, 0.25) is 0 Å². The van der Waals surface area contributed by atoms with Crippen LogP contribution in [0.4, 0.5) is 0 Å². The van der Waals surface area contributed by atoms with Crippen LogP contribution in [0.3, 0.4) is 0 Å². The second-order valence-corrected chi connectivity index (χ2v) is 14.6. The summed E-state index contributed by atoms with van der Waals surface area (Å²) in [6, 6.07) is 71.2. The Labute approximate surface area is 328 Å². The smallest absolute Gasteiger partial charge is 0.235 e. The molecule has 0 atom stereocenters. The summed E-state index contributed by atoms with van der Waals surface area (Å²) in [4.78, 5) is 10.6. The molecule has 0 aliphatic heterocycles. The summed E-state index contributed by atoms with van der Waals surface area (Å²) in [6.07, 6.45) is 0. The first-order valence-corrected chi connectivity index (χ1v) is 19.3. The fourth-order valence-corrected chi connectivity index (χ4v) is 8.99. The van der Waals surface area contributed by atoms with Crippen LogP contribution in [-0.4, -0.2) is 23.7 Å². The highest BCUT2D eigenvalue weighted by atomic mass is 15.2. The molecule has 12 rings (SSSR count). The van der Waals surface area contributed by atoms with Crippen LogP contribution in [0.1, 0.15) is 0 Å². The van der Waals surface area contributed by atoms with Crippen molar-refractivity contribution in [1.82, 2.24) is 23.7 Å². The largest absolute Gasteiger partial charge is 0.309 e. The molecule has 0 aliphatic rings. The molecule has 12 aromatic rings. The lowest BCUT2D eigenvalue weighted by atomic mass is 10.1. The Hall–Kier alpha value is -7.76. The minimum Gasteiger partial charge on any atom is -0.309 e. The minimum absolute atomic E-state index is 0.634. The summed E-state index contributed by atoms with van der Waals surface area (Å²) in [7, 11) is 0. The van der Waals surface area contributed by atoms with Gasteiger partial charge in [0.2, 0.25) is 5.95 Å². The monoisotopic (exact) mass is 727 g/mol. The molecule has 5 heteroatoms. The van der Waals surface area contributed by atoms with E-state index in [9.17, 15) is 0 Å². The lowest BCUT2D eigenvalue weighted by Gasteiger charge is -2.13. The average Bonchev–Trinajstić information content (AvgIpc) is 3.92. The zero-order chi connectivity index (χ0) is 37.5. The van der Waals surface area contributed by atoms with Gasteiger partial charge in [-0.1, -0.05) is 146 Å². The van der Waals surface area contributed by atoms with Gasteiger partial charge in [0.25, 0.3) is 0 Å². The van der Waals surface area contributed by atoms with Crippen molar-refractivity contribution in [2.75, 3.05) is 0 Å². The van der Waals surface area contributed by atoms with Crippen molar-refractivity contribution >= 4 is 65.4 Å². The maximum atomic E-state index is 5.30. The summed E-state index contributed by atoms with van der Waals surface area (Å²) in [6.45, 7) is 0. The van der Waals surface area contributed by atoms with Gasteiger partial charge < -0.3 is 9.13 Å². The maximum absolute atomic E-state index is 5.30. The van der Waals surface area contributed by atoms with Gasteiger partial charge in [0, 0.05) is 54.8 Å². The first-order chi connectivity index (χ1) is 28.3. The second-order valence-electron chi connectivity index (χ2n) is 14.6. The van der Waals surface area contributed by atoms with Crippen LogP contribution < -0.4 is 0 Å². The molecule has 0 bridgehead atoms. The lowest BCUT2D eigenvalue weighted by Crippen LogP contribution is -2.04. The molecule has 0 saturated heterocycles. The number of nitrogens with zero attached hydrogens (tertiary/aromatic N) is 5. The molecule has 4 heterocycles. The van der Waals surface area contributed by atoms with Crippen molar-refractivity contribution in [2.45, 2.75) is 0 Å². The zero-order valence-electron chi connectivity index (χ0n) is 30.8. The van der Waals surface area contributed by atoms with Crippen LogP contribution in [0.15, 0.2) is 200 Å². The molecule has 0 unspecified atom stereocenters. The van der Waals surface area contributed by atoms with Gasteiger partial charge in [-0.3, -0.25) is 4.57 Å². The number of hydrogen-bond acceptors (Lipinski definition) is 2. The minimum atomic E-state index is 0.634. The third kappa shape index (κ3) is 4.76. The predicted octanol–water partition coefficient (Wildman–Crippen LogP) is 13.1. The molecule has 0 aliphatic carbocycles. The van der Waals surface area contributed by atoms with Gasteiger partial charge in [-0.05, 0) is 54.6 Å². The van der Waals surface area contributed by atoms with E-state index in [1.54, 1.807) is 0 Å². The van der Waals surface area contributed by atoms with Crippen LogP contribution in [0, 0.1) is 0 Å².